The molecule has 0 saturated heterocycles. The summed E-state index contributed by atoms with van der Waals surface area (Å²) in [5.74, 6) is 1.86. The van der Waals surface area contributed by atoms with E-state index in [0.29, 0.717) is 6.61 Å². The Bertz CT molecular complexity index is 305. The molecule has 1 N–H and O–H groups in total. The van der Waals surface area contributed by atoms with Gasteiger partial charge in [0, 0.05) is 5.56 Å². The highest BCUT2D eigenvalue weighted by Crippen LogP contribution is 2.29. The summed E-state index contributed by atoms with van der Waals surface area (Å²) in [5.41, 5.74) is 0.827. The van der Waals surface area contributed by atoms with E-state index in [9.17, 15) is 0 Å². The van der Waals surface area contributed by atoms with Crippen molar-refractivity contribution in [3.8, 4) is 5.75 Å². The number of aliphatic hydroxyl groups is 1. The van der Waals surface area contributed by atoms with E-state index in [1.165, 1.54) is 0 Å². The maximum Gasteiger partial charge on any atom is 0.138 e. The minimum Gasteiger partial charge on any atom is -0.492 e. The summed E-state index contributed by atoms with van der Waals surface area (Å²) >= 11 is 5.23. The van der Waals surface area contributed by atoms with E-state index in [-0.39, 0.29) is 6.61 Å². The molecule has 0 atom stereocenters. The Kier molecular flexibility index (Phi) is 6.13. The summed E-state index contributed by atoms with van der Waals surface area (Å²) in [6.45, 7) is 0.702. The third-order valence-electron chi connectivity index (χ3n) is 1.96. The van der Waals surface area contributed by atoms with Gasteiger partial charge < -0.3 is 9.84 Å². The Hall–Kier alpha value is -0.190. The summed E-state index contributed by atoms with van der Waals surface area (Å²) < 4.78 is 6.54. The van der Waals surface area contributed by atoms with Crippen molar-refractivity contribution < 1.29 is 9.84 Å². The van der Waals surface area contributed by atoms with Gasteiger partial charge in [0.2, 0.25) is 0 Å². The van der Waals surface area contributed by atoms with E-state index < -0.39 is 0 Å². The summed E-state index contributed by atoms with van der Waals surface area (Å²) in [4.78, 5) is 0. The number of benzene rings is 1. The third-order valence-corrected chi connectivity index (χ3v) is 3.28. The predicted molar refractivity (Wildman–Crippen MR) is 68.6 cm³/mol. The zero-order valence-corrected chi connectivity index (χ0v) is 11.1. The van der Waals surface area contributed by atoms with Crippen LogP contribution in [0, 0.1) is 0 Å². The largest absolute Gasteiger partial charge is 0.492 e. The molecule has 1 aromatic carbocycles. The fraction of sp³-hybridized carbons (Fsp3) is 0.455. The lowest BCUT2D eigenvalue weighted by Gasteiger charge is -2.11. The molecule has 1 aromatic rings. The van der Waals surface area contributed by atoms with Crippen LogP contribution in [0.3, 0.4) is 0 Å². The molecule has 0 spiro atoms. The lowest BCUT2D eigenvalue weighted by atomic mass is 10.2. The van der Waals surface area contributed by atoms with Crippen LogP contribution in [0.2, 0.25) is 0 Å². The quantitative estimate of drug-likeness (QED) is 0.817. The molecule has 1 rings (SSSR count). The van der Waals surface area contributed by atoms with Gasteiger partial charge in [0.1, 0.15) is 5.75 Å². The molecule has 4 heteroatoms. The van der Waals surface area contributed by atoms with E-state index >= 15 is 0 Å². The Morgan fingerprint density at radius 2 is 2.27 bits per heavy atom. The van der Waals surface area contributed by atoms with Gasteiger partial charge >= 0.3 is 0 Å². The molecule has 0 aromatic heterocycles. The third kappa shape index (κ3) is 4.05. The SMILES string of the molecule is CSCCCOc1c(Br)cccc1CO. The lowest BCUT2D eigenvalue weighted by Crippen LogP contribution is -2.02. The van der Waals surface area contributed by atoms with Crippen molar-refractivity contribution >= 4 is 27.7 Å². The molecular weight excluding hydrogens is 276 g/mol. The number of hydrogen-bond acceptors (Lipinski definition) is 3. The second kappa shape index (κ2) is 7.14. The highest BCUT2D eigenvalue weighted by atomic mass is 79.9. The molecule has 0 heterocycles. The van der Waals surface area contributed by atoms with Crippen LogP contribution >= 0.6 is 27.7 Å². The predicted octanol–water partition coefficient (Wildman–Crippen LogP) is 3.07. The first-order valence-electron chi connectivity index (χ1n) is 4.79. The average molecular weight is 291 g/mol. The van der Waals surface area contributed by atoms with E-state index in [0.717, 1.165) is 28.0 Å². The Morgan fingerprint density at radius 3 is 2.93 bits per heavy atom. The number of ether oxygens (including phenoxy) is 1. The van der Waals surface area contributed by atoms with Crippen LogP contribution in [0.1, 0.15) is 12.0 Å². The molecule has 2 nitrogen and oxygen atoms in total. The first-order valence-corrected chi connectivity index (χ1v) is 6.98. The molecule has 0 bridgehead atoms. The molecule has 0 aliphatic heterocycles. The van der Waals surface area contributed by atoms with E-state index in [4.69, 9.17) is 9.84 Å². The van der Waals surface area contributed by atoms with Gasteiger partial charge in [0.25, 0.3) is 0 Å². The van der Waals surface area contributed by atoms with E-state index in [2.05, 4.69) is 22.2 Å². The highest BCUT2D eigenvalue weighted by molar-refractivity contribution is 9.10. The lowest BCUT2D eigenvalue weighted by molar-refractivity contribution is 0.262. The fourth-order valence-corrected chi connectivity index (χ4v) is 2.15. The summed E-state index contributed by atoms with van der Waals surface area (Å²) in [6, 6.07) is 5.68. The highest BCUT2D eigenvalue weighted by Gasteiger charge is 2.06. The van der Waals surface area contributed by atoms with Gasteiger partial charge in [-0.3, -0.25) is 0 Å². The van der Waals surface area contributed by atoms with Gasteiger partial charge in [-0.1, -0.05) is 12.1 Å². The van der Waals surface area contributed by atoms with Crippen LogP contribution in [0.25, 0.3) is 0 Å². The Morgan fingerprint density at radius 1 is 1.47 bits per heavy atom. The normalized spacial score (nSPS) is 10.3. The van der Waals surface area contributed by atoms with Crippen LogP contribution in [0.5, 0.6) is 5.75 Å². The van der Waals surface area contributed by atoms with Crippen molar-refractivity contribution in [1.29, 1.82) is 0 Å². The van der Waals surface area contributed by atoms with Gasteiger partial charge in [-0.25, -0.2) is 0 Å². The molecule has 0 fully saturated rings. The van der Waals surface area contributed by atoms with Crippen molar-refractivity contribution in [3.63, 3.8) is 0 Å². The summed E-state index contributed by atoms with van der Waals surface area (Å²) in [6.07, 6.45) is 3.10. The Balaban J connectivity index is 2.58. The van der Waals surface area contributed by atoms with Crippen LogP contribution in [-0.4, -0.2) is 23.7 Å². The van der Waals surface area contributed by atoms with Gasteiger partial charge in [0.05, 0.1) is 17.7 Å². The van der Waals surface area contributed by atoms with Crippen LogP contribution in [0.4, 0.5) is 0 Å². The minimum absolute atomic E-state index is 0.0112. The molecule has 0 aliphatic carbocycles. The summed E-state index contributed by atoms with van der Waals surface area (Å²) in [7, 11) is 0. The zero-order valence-electron chi connectivity index (χ0n) is 8.70. The first-order chi connectivity index (χ1) is 7.29. The van der Waals surface area contributed by atoms with Gasteiger partial charge in [-0.05, 0) is 40.4 Å². The maximum atomic E-state index is 9.14. The second-order valence-corrected chi connectivity index (χ2v) is 4.92. The molecule has 0 unspecified atom stereocenters. The van der Waals surface area contributed by atoms with Crippen molar-refractivity contribution in [2.75, 3.05) is 18.6 Å². The van der Waals surface area contributed by atoms with Crippen molar-refractivity contribution in [1.82, 2.24) is 0 Å². The molecule has 0 aliphatic rings. The topological polar surface area (TPSA) is 29.5 Å². The standard InChI is InChI=1S/C11H15BrO2S/c1-15-7-3-6-14-11-9(8-13)4-2-5-10(11)12/h2,4-5,13H,3,6-8H2,1H3. The second-order valence-electron chi connectivity index (χ2n) is 3.08. The number of thioether (sulfide) groups is 1. The smallest absolute Gasteiger partial charge is 0.138 e. The molecule has 15 heavy (non-hydrogen) atoms. The minimum atomic E-state index is 0.0112. The van der Waals surface area contributed by atoms with Crippen molar-refractivity contribution in [2.24, 2.45) is 0 Å². The number of rotatable bonds is 6. The number of halogens is 1. The van der Waals surface area contributed by atoms with E-state index in [1.54, 1.807) is 0 Å². The van der Waals surface area contributed by atoms with Crippen LogP contribution in [-0.2, 0) is 6.61 Å². The first kappa shape index (κ1) is 12.9. The van der Waals surface area contributed by atoms with Crippen molar-refractivity contribution in [2.45, 2.75) is 13.0 Å². The monoisotopic (exact) mass is 290 g/mol. The van der Waals surface area contributed by atoms with Crippen molar-refractivity contribution in [3.05, 3.63) is 28.2 Å². The number of hydrogen-bond donors (Lipinski definition) is 1. The molecular formula is C11H15BrO2S. The van der Waals surface area contributed by atoms with Gasteiger partial charge in [0.15, 0.2) is 0 Å². The number of para-hydroxylation sites is 1. The van der Waals surface area contributed by atoms with E-state index in [1.807, 2.05) is 30.0 Å². The fourth-order valence-electron chi connectivity index (χ4n) is 1.22. The van der Waals surface area contributed by atoms with Crippen LogP contribution < -0.4 is 4.74 Å². The molecule has 0 saturated carbocycles. The summed E-state index contributed by atoms with van der Waals surface area (Å²) in [5, 5.41) is 9.14. The Labute approximate surface area is 103 Å². The zero-order chi connectivity index (χ0) is 11.1. The molecule has 84 valence electrons. The van der Waals surface area contributed by atoms with Crippen LogP contribution in [0.15, 0.2) is 22.7 Å². The average Bonchev–Trinajstić information content (AvgIpc) is 2.26. The maximum absolute atomic E-state index is 9.14. The van der Waals surface area contributed by atoms with Gasteiger partial charge in [-0.2, -0.15) is 11.8 Å². The molecule has 0 amide bonds. The van der Waals surface area contributed by atoms with Gasteiger partial charge in [-0.15, -0.1) is 0 Å². The molecule has 0 radical (unpaired) electrons. The number of aliphatic hydroxyl groups excluding tert-OH is 1.